The van der Waals surface area contributed by atoms with Crippen molar-refractivity contribution in [1.29, 1.82) is 0 Å². The molecule has 18 heavy (non-hydrogen) atoms. The summed E-state index contributed by atoms with van der Waals surface area (Å²) in [7, 11) is 1.64. The van der Waals surface area contributed by atoms with Gasteiger partial charge in [0.15, 0.2) is 0 Å². The predicted molar refractivity (Wildman–Crippen MR) is 67.8 cm³/mol. The first-order valence-electron chi connectivity index (χ1n) is 5.60. The minimum Gasteiger partial charge on any atom is -0.394 e. The van der Waals surface area contributed by atoms with Gasteiger partial charge in [0.05, 0.1) is 17.6 Å². The summed E-state index contributed by atoms with van der Waals surface area (Å²) in [5.41, 5.74) is -0.181. The standard InChI is InChI=1S/C10H17N5O3/c1-4-11-10-12-5-8(15(17)18)9(13-10)14(3)7(2)6-16/h5,7,16H,4,6H2,1-3H3,(H,11,12,13). The van der Waals surface area contributed by atoms with Crippen LogP contribution in [0.25, 0.3) is 0 Å². The van der Waals surface area contributed by atoms with E-state index in [2.05, 4.69) is 15.3 Å². The number of anilines is 2. The zero-order valence-corrected chi connectivity index (χ0v) is 10.6. The first-order chi connectivity index (χ1) is 8.51. The fraction of sp³-hybridized carbons (Fsp3) is 0.600. The molecule has 1 atom stereocenters. The largest absolute Gasteiger partial charge is 0.394 e. The highest BCUT2D eigenvalue weighted by Crippen LogP contribution is 2.26. The highest BCUT2D eigenvalue weighted by atomic mass is 16.6. The van der Waals surface area contributed by atoms with Crippen LogP contribution < -0.4 is 10.2 Å². The van der Waals surface area contributed by atoms with Crippen LogP contribution in [0.3, 0.4) is 0 Å². The predicted octanol–water partition coefficient (Wildman–Crippen LogP) is 0.634. The van der Waals surface area contributed by atoms with Crippen molar-refractivity contribution in [3.63, 3.8) is 0 Å². The molecule has 8 heteroatoms. The van der Waals surface area contributed by atoms with Crippen LogP contribution in [0, 0.1) is 10.1 Å². The Bertz CT molecular complexity index is 426. The third kappa shape index (κ3) is 3.04. The van der Waals surface area contributed by atoms with Gasteiger partial charge >= 0.3 is 5.69 Å². The van der Waals surface area contributed by atoms with Crippen molar-refractivity contribution in [2.45, 2.75) is 19.9 Å². The summed E-state index contributed by atoms with van der Waals surface area (Å²) in [5.74, 6) is 0.516. The van der Waals surface area contributed by atoms with E-state index in [4.69, 9.17) is 5.11 Å². The minimum atomic E-state index is -0.536. The summed E-state index contributed by atoms with van der Waals surface area (Å²) in [6, 6.07) is -0.270. The Balaban J connectivity index is 3.18. The molecule has 1 rings (SSSR count). The number of nitrogens with one attached hydrogen (secondary N) is 1. The lowest BCUT2D eigenvalue weighted by Gasteiger charge is -2.23. The summed E-state index contributed by atoms with van der Waals surface area (Å²) >= 11 is 0. The number of hydrogen-bond donors (Lipinski definition) is 2. The summed E-state index contributed by atoms with van der Waals surface area (Å²) in [6.45, 7) is 4.13. The Morgan fingerprint density at radius 1 is 1.67 bits per heavy atom. The zero-order chi connectivity index (χ0) is 13.7. The number of aliphatic hydroxyl groups is 1. The van der Waals surface area contributed by atoms with Gasteiger partial charge in [-0.25, -0.2) is 4.98 Å². The van der Waals surface area contributed by atoms with Crippen molar-refractivity contribution < 1.29 is 10.0 Å². The van der Waals surface area contributed by atoms with Crippen molar-refractivity contribution in [3.05, 3.63) is 16.3 Å². The average Bonchev–Trinajstić information content (AvgIpc) is 2.37. The van der Waals surface area contributed by atoms with Gasteiger partial charge in [-0.15, -0.1) is 0 Å². The molecular formula is C10H17N5O3. The molecule has 0 aliphatic carbocycles. The molecule has 0 saturated carbocycles. The number of nitro groups is 1. The number of aromatic nitrogens is 2. The fourth-order valence-electron chi connectivity index (χ4n) is 1.33. The fourth-order valence-corrected chi connectivity index (χ4v) is 1.33. The molecule has 0 fully saturated rings. The Labute approximate surface area is 105 Å². The number of rotatable bonds is 6. The van der Waals surface area contributed by atoms with E-state index in [9.17, 15) is 10.1 Å². The van der Waals surface area contributed by atoms with Gasteiger partial charge in [-0.3, -0.25) is 10.1 Å². The SMILES string of the molecule is CCNc1ncc([N+](=O)[O-])c(N(C)C(C)CO)n1. The van der Waals surface area contributed by atoms with E-state index >= 15 is 0 Å². The second-order valence-electron chi connectivity index (χ2n) is 3.83. The van der Waals surface area contributed by atoms with E-state index < -0.39 is 4.92 Å². The highest BCUT2D eigenvalue weighted by molar-refractivity contribution is 5.59. The molecule has 1 heterocycles. The summed E-state index contributed by atoms with van der Waals surface area (Å²) in [6.07, 6.45) is 1.17. The van der Waals surface area contributed by atoms with E-state index in [1.165, 1.54) is 6.20 Å². The second-order valence-corrected chi connectivity index (χ2v) is 3.83. The molecule has 0 aliphatic rings. The third-order valence-corrected chi connectivity index (χ3v) is 2.54. The Hall–Kier alpha value is -1.96. The van der Waals surface area contributed by atoms with Crippen LogP contribution in [-0.2, 0) is 0 Å². The molecule has 0 spiro atoms. The van der Waals surface area contributed by atoms with Crippen LogP contribution in [-0.4, -0.2) is 46.2 Å². The average molecular weight is 255 g/mol. The molecule has 1 aromatic heterocycles. The van der Waals surface area contributed by atoms with E-state index in [-0.39, 0.29) is 24.2 Å². The Kier molecular flexibility index (Phi) is 4.78. The highest BCUT2D eigenvalue weighted by Gasteiger charge is 2.23. The molecule has 0 bridgehead atoms. The van der Waals surface area contributed by atoms with Gasteiger partial charge in [0, 0.05) is 13.6 Å². The minimum absolute atomic E-state index is 0.117. The molecule has 0 amide bonds. The maximum atomic E-state index is 10.9. The summed E-state index contributed by atoms with van der Waals surface area (Å²) in [4.78, 5) is 19.9. The molecule has 0 radical (unpaired) electrons. The van der Waals surface area contributed by atoms with Crippen molar-refractivity contribution in [2.75, 3.05) is 30.4 Å². The van der Waals surface area contributed by atoms with Gasteiger partial charge in [0.1, 0.15) is 6.20 Å². The maximum absolute atomic E-state index is 10.9. The lowest BCUT2D eigenvalue weighted by Crippen LogP contribution is -2.33. The monoisotopic (exact) mass is 255 g/mol. The van der Waals surface area contributed by atoms with E-state index in [1.54, 1.807) is 18.9 Å². The van der Waals surface area contributed by atoms with E-state index in [0.29, 0.717) is 12.5 Å². The van der Waals surface area contributed by atoms with Crippen LogP contribution >= 0.6 is 0 Å². The van der Waals surface area contributed by atoms with Crippen LogP contribution in [0.4, 0.5) is 17.5 Å². The molecule has 1 aromatic rings. The topological polar surface area (TPSA) is 104 Å². The molecule has 0 saturated heterocycles. The van der Waals surface area contributed by atoms with Crippen LogP contribution in [0.15, 0.2) is 6.20 Å². The van der Waals surface area contributed by atoms with Crippen LogP contribution in [0.2, 0.25) is 0 Å². The van der Waals surface area contributed by atoms with Gasteiger partial charge in [0.2, 0.25) is 11.8 Å². The number of hydrogen-bond acceptors (Lipinski definition) is 7. The van der Waals surface area contributed by atoms with Gasteiger partial charge in [-0.2, -0.15) is 4.98 Å². The van der Waals surface area contributed by atoms with Crippen molar-refractivity contribution >= 4 is 17.5 Å². The summed E-state index contributed by atoms with van der Waals surface area (Å²) < 4.78 is 0. The zero-order valence-electron chi connectivity index (χ0n) is 10.6. The normalized spacial score (nSPS) is 12.0. The van der Waals surface area contributed by atoms with E-state index in [0.717, 1.165) is 0 Å². The van der Waals surface area contributed by atoms with Crippen molar-refractivity contribution in [3.8, 4) is 0 Å². The Morgan fingerprint density at radius 3 is 2.83 bits per heavy atom. The first-order valence-corrected chi connectivity index (χ1v) is 5.60. The molecule has 8 nitrogen and oxygen atoms in total. The molecule has 0 aliphatic heterocycles. The van der Waals surface area contributed by atoms with Gasteiger partial charge in [-0.1, -0.05) is 0 Å². The number of aliphatic hydroxyl groups excluding tert-OH is 1. The molecule has 2 N–H and O–H groups in total. The van der Waals surface area contributed by atoms with Crippen molar-refractivity contribution in [1.82, 2.24) is 9.97 Å². The first kappa shape index (κ1) is 14.1. The number of nitrogens with zero attached hydrogens (tertiary/aromatic N) is 4. The molecule has 1 unspecified atom stereocenters. The Morgan fingerprint density at radius 2 is 2.33 bits per heavy atom. The quantitative estimate of drug-likeness (QED) is 0.567. The van der Waals surface area contributed by atoms with E-state index in [1.807, 2.05) is 6.92 Å². The molecular weight excluding hydrogens is 238 g/mol. The maximum Gasteiger partial charge on any atom is 0.329 e. The third-order valence-electron chi connectivity index (χ3n) is 2.54. The van der Waals surface area contributed by atoms with Gasteiger partial charge in [0.25, 0.3) is 0 Å². The van der Waals surface area contributed by atoms with Gasteiger partial charge in [-0.05, 0) is 13.8 Å². The summed E-state index contributed by atoms with van der Waals surface area (Å²) in [5, 5.41) is 22.9. The molecule has 0 aromatic carbocycles. The second kappa shape index (κ2) is 6.10. The van der Waals surface area contributed by atoms with Crippen molar-refractivity contribution in [2.24, 2.45) is 0 Å². The molecule has 100 valence electrons. The van der Waals surface area contributed by atoms with Crippen LogP contribution in [0.1, 0.15) is 13.8 Å². The van der Waals surface area contributed by atoms with Gasteiger partial charge < -0.3 is 15.3 Å². The number of likely N-dealkylation sites (N-methyl/N-ethyl adjacent to an activating group) is 1. The smallest absolute Gasteiger partial charge is 0.329 e. The lowest BCUT2D eigenvalue weighted by molar-refractivity contribution is -0.384. The van der Waals surface area contributed by atoms with Crippen LogP contribution in [0.5, 0.6) is 0 Å². The lowest BCUT2D eigenvalue weighted by atomic mass is 10.3.